The summed E-state index contributed by atoms with van der Waals surface area (Å²) in [5.74, 6) is -2.91. The van der Waals surface area contributed by atoms with Gasteiger partial charge in [0, 0.05) is 54.4 Å². The molecule has 240 valence electrons. The minimum atomic E-state index is -1.50. The number of nitrogens with zero attached hydrogens (tertiary/aromatic N) is 1. The molecular formula is C34H45F2N3O4S. The Kier molecular flexibility index (Phi) is 13.0. The highest BCUT2D eigenvalue weighted by molar-refractivity contribution is 7.85. The highest BCUT2D eigenvalue weighted by atomic mass is 32.2. The van der Waals surface area contributed by atoms with Crippen molar-refractivity contribution in [3.8, 4) is 0 Å². The molecule has 0 spiro atoms. The maximum atomic E-state index is 14.2. The summed E-state index contributed by atoms with van der Waals surface area (Å²) in [6, 6.07) is 10.5. The number of benzene rings is 2. The van der Waals surface area contributed by atoms with Gasteiger partial charge in [0.25, 0.3) is 0 Å². The summed E-state index contributed by atoms with van der Waals surface area (Å²) in [4.78, 5) is 29.6. The summed E-state index contributed by atoms with van der Waals surface area (Å²) in [7, 11) is -1.11. The summed E-state index contributed by atoms with van der Waals surface area (Å²) in [5, 5.41) is 14.9. The molecule has 2 unspecified atom stereocenters. The fourth-order valence-electron chi connectivity index (χ4n) is 6.03. The Hall–Kier alpha value is -3.21. The van der Waals surface area contributed by atoms with E-state index in [0.717, 1.165) is 24.5 Å². The highest BCUT2D eigenvalue weighted by Crippen LogP contribution is 2.44. The lowest BCUT2D eigenvalue weighted by molar-refractivity contribution is -0.132. The number of allylic oxidation sites excluding steroid dienone is 2. The van der Waals surface area contributed by atoms with Crippen LogP contribution in [0.4, 0.5) is 8.78 Å². The average molecular weight is 630 g/mol. The largest absolute Gasteiger partial charge is 0.391 e. The zero-order valence-corrected chi connectivity index (χ0v) is 26.9. The van der Waals surface area contributed by atoms with Crippen LogP contribution in [0, 0.1) is 23.0 Å². The van der Waals surface area contributed by atoms with Crippen LogP contribution in [0.3, 0.4) is 0 Å². The molecule has 0 fully saturated rings. The number of nitrogens with two attached hydrogens (primary N) is 1. The van der Waals surface area contributed by atoms with Gasteiger partial charge in [-0.3, -0.25) is 13.8 Å². The Balaban J connectivity index is 1.97. The molecule has 2 aromatic carbocycles. The molecule has 0 saturated heterocycles. The number of rotatable bonds is 16. The van der Waals surface area contributed by atoms with Crippen LogP contribution in [0.25, 0.3) is 0 Å². The van der Waals surface area contributed by atoms with Gasteiger partial charge < -0.3 is 21.1 Å². The smallest absolute Gasteiger partial charge is 0.249 e. The quantitative estimate of drug-likeness (QED) is 0.247. The third-order valence-corrected chi connectivity index (χ3v) is 9.29. The molecule has 44 heavy (non-hydrogen) atoms. The lowest BCUT2D eigenvalue weighted by Crippen LogP contribution is -2.51. The zero-order valence-electron chi connectivity index (χ0n) is 26.1. The van der Waals surface area contributed by atoms with E-state index in [1.807, 2.05) is 39.0 Å². The third kappa shape index (κ3) is 8.92. The Morgan fingerprint density at radius 2 is 1.73 bits per heavy atom. The van der Waals surface area contributed by atoms with Crippen molar-refractivity contribution in [3.63, 3.8) is 0 Å². The molecule has 3 rings (SSSR count). The Morgan fingerprint density at radius 1 is 1.07 bits per heavy atom. The van der Waals surface area contributed by atoms with Crippen LogP contribution in [0.5, 0.6) is 0 Å². The number of amides is 2. The van der Waals surface area contributed by atoms with Crippen LogP contribution in [0.15, 0.2) is 70.7 Å². The van der Waals surface area contributed by atoms with Crippen molar-refractivity contribution >= 4 is 22.6 Å². The van der Waals surface area contributed by atoms with Gasteiger partial charge in [0.05, 0.1) is 22.3 Å². The van der Waals surface area contributed by atoms with E-state index in [1.54, 1.807) is 30.0 Å². The summed E-state index contributed by atoms with van der Waals surface area (Å²) < 4.78 is 40.8. The number of aliphatic hydroxyl groups is 1. The summed E-state index contributed by atoms with van der Waals surface area (Å²) in [6.45, 7) is 9.07. The van der Waals surface area contributed by atoms with Gasteiger partial charge in [0.15, 0.2) is 0 Å². The normalized spacial score (nSPS) is 18.6. The topological polar surface area (TPSA) is 113 Å². The standard InChI is InChI=1S/C34H45F2N3O4S/c1-5-11-39(12-6-2)32(41)26-13-23(4)19-34(20-26,33(37)42)30(17-25-14-27(35)18-28(36)15-25)31(40)22-38-21-24-9-8-10-29(16-24)44(43)7-3/h8-10,13-16,18-19,30-31,38,40H,5-7,11-12,17,20-22H2,1-4H3,(H2,37,42)/t30-,31+,34?,44?/m1/s1. The Bertz CT molecular complexity index is 1390. The lowest BCUT2D eigenvalue weighted by atomic mass is 9.63. The molecule has 0 bridgehead atoms. The van der Waals surface area contributed by atoms with Crippen molar-refractivity contribution in [2.45, 2.75) is 70.9 Å². The average Bonchev–Trinajstić information content (AvgIpc) is 2.98. The molecule has 4 atom stereocenters. The van der Waals surface area contributed by atoms with Crippen molar-refractivity contribution in [1.29, 1.82) is 0 Å². The van der Waals surface area contributed by atoms with E-state index in [4.69, 9.17) is 5.73 Å². The molecule has 1 aliphatic rings. The van der Waals surface area contributed by atoms with Crippen molar-refractivity contribution in [2.75, 3.05) is 25.4 Å². The van der Waals surface area contributed by atoms with Crippen molar-refractivity contribution in [1.82, 2.24) is 10.2 Å². The van der Waals surface area contributed by atoms with Crippen LogP contribution >= 0.6 is 0 Å². The number of carbonyl (C=O) groups is 2. The fourth-order valence-corrected chi connectivity index (χ4v) is 6.88. The van der Waals surface area contributed by atoms with Crippen molar-refractivity contribution in [3.05, 3.63) is 88.5 Å². The van der Waals surface area contributed by atoms with E-state index >= 15 is 0 Å². The SMILES string of the molecule is CCCN(CCC)C(=O)C1=CC(C)=CC(C(N)=O)([C@H](Cc2cc(F)cc(F)c2)[C@@H](O)CNCc2cccc(S(=O)CC)c2)C1. The molecule has 10 heteroatoms. The molecule has 0 heterocycles. The van der Waals surface area contributed by atoms with Gasteiger partial charge in [-0.15, -0.1) is 0 Å². The maximum Gasteiger partial charge on any atom is 0.249 e. The van der Waals surface area contributed by atoms with Gasteiger partial charge in [0.1, 0.15) is 11.6 Å². The highest BCUT2D eigenvalue weighted by Gasteiger charge is 2.48. The van der Waals surface area contributed by atoms with Gasteiger partial charge in [-0.1, -0.05) is 50.6 Å². The molecule has 0 aromatic heterocycles. The lowest BCUT2D eigenvalue weighted by Gasteiger charge is -2.42. The number of aliphatic hydroxyl groups excluding tert-OH is 1. The predicted molar refractivity (Wildman–Crippen MR) is 170 cm³/mol. The van der Waals surface area contributed by atoms with E-state index in [0.29, 0.717) is 41.4 Å². The van der Waals surface area contributed by atoms with Crippen LogP contribution in [0.2, 0.25) is 0 Å². The second-order valence-electron chi connectivity index (χ2n) is 11.5. The number of hydrogen-bond donors (Lipinski definition) is 3. The van der Waals surface area contributed by atoms with E-state index in [2.05, 4.69) is 5.32 Å². The van der Waals surface area contributed by atoms with Gasteiger partial charge in [-0.2, -0.15) is 0 Å². The maximum absolute atomic E-state index is 14.2. The molecular weight excluding hydrogens is 584 g/mol. The van der Waals surface area contributed by atoms with Gasteiger partial charge in [0.2, 0.25) is 11.8 Å². The monoisotopic (exact) mass is 629 g/mol. The fraction of sp³-hybridized carbons (Fsp3) is 0.471. The number of nitrogens with one attached hydrogen (secondary N) is 1. The molecule has 7 nitrogen and oxygen atoms in total. The van der Waals surface area contributed by atoms with Crippen molar-refractivity contribution < 1.29 is 27.7 Å². The van der Waals surface area contributed by atoms with Gasteiger partial charge in [-0.25, -0.2) is 8.78 Å². The molecule has 0 saturated carbocycles. The summed E-state index contributed by atoms with van der Waals surface area (Å²) in [6.07, 6.45) is 3.66. The van der Waals surface area contributed by atoms with Gasteiger partial charge in [-0.05, 0) is 68.0 Å². The van der Waals surface area contributed by atoms with Gasteiger partial charge >= 0.3 is 0 Å². The molecule has 0 radical (unpaired) electrons. The zero-order chi connectivity index (χ0) is 32.4. The minimum absolute atomic E-state index is 0.0241. The minimum Gasteiger partial charge on any atom is -0.391 e. The summed E-state index contributed by atoms with van der Waals surface area (Å²) in [5.41, 5.74) is 6.77. The van der Waals surface area contributed by atoms with E-state index in [9.17, 15) is 27.7 Å². The summed E-state index contributed by atoms with van der Waals surface area (Å²) >= 11 is 0. The molecule has 2 aromatic rings. The molecule has 4 N–H and O–H groups in total. The first-order valence-electron chi connectivity index (χ1n) is 15.2. The first-order valence-corrected chi connectivity index (χ1v) is 16.6. The van der Waals surface area contributed by atoms with Crippen LogP contribution in [-0.4, -0.2) is 57.5 Å². The van der Waals surface area contributed by atoms with Crippen molar-refractivity contribution in [2.24, 2.45) is 17.1 Å². The molecule has 0 aliphatic heterocycles. The first kappa shape index (κ1) is 35.3. The third-order valence-electron chi connectivity index (χ3n) is 7.99. The van der Waals surface area contributed by atoms with Crippen LogP contribution < -0.4 is 11.1 Å². The number of halogens is 2. The molecule has 2 amide bonds. The van der Waals surface area contributed by atoms with Crippen LogP contribution in [0.1, 0.15) is 58.1 Å². The second kappa shape index (κ2) is 16.2. The Labute approximate surface area is 262 Å². The van der Waals surface area contributed by atoms with E-state index < -0.39 is 45.8 Å². The number of hydrogen-bond acceptors (Lipinski definition) is 5. The van der Waals surface area contributed by atoms with Crippen LogP contribution in [-0.2, 0) is 33.4 Å². The first-order chi connectivity index (χ1) is 20.9. The Morgan fingerprint density at radius 3 is 2.32 bits per heavy atom. The predicted octanol–water partition coefficient (Wildman–Crippen LogP) is 4.80. The van der Waals surface area contributed by atoms with E-state index in [-0.39, 0.29) is 30.9 Å². The number of primary amides is 1. The number of carbonyl (C=O) groups excluding carboxylic acids is 2. The second-order valence-corrected chi connectivity index (χ2v) is 13.2. The van der Waals surface area contributed by atoms with E-state index in [1.165, 1.54) is 12.1 Å². The molecule has 1 aliphatic carbocycles.